The summed E-state index contributed by atoms with van der Waals surface area (Å²) in [5, 5.41) is 0. The molecular formula is C6H18O2Si+2. The zero-order chi connectivity index (χ0) is 6.95. The van der Waals surface area contributed by atoms with Crippen LogP contribution in [0.25, 0.3) is 0 Å². The van der Waals surface area contributed by atoms with Crippen LogP contribution in [0.3, 0.4) is 0 Å². The second kappa shape index (κ2) is 8.14. The predicted octanol–water partition coefficient (Wildman–Crippen LogP) is 1.06. The van der Waals surface area contributed by atoms with Crippen LogP contribution in [0.15, 0.2) is 0 Å². The van der Waals surface area contributed by atoms with E-state index in [0.717, 1.165) is 26.1 Å². The molecule has 2 nitrogen and oxygen atoms in total. The van der Waals surface area contributed by atoms with Crippen molar-refractivity contribution in [1.29, 1.82) is 0 Å². The predicted molar refractivity (Wildman–Crippen MR) is 43.3 cm³/mol. The SMILES string of the molecule is CCCO[SiH2]OCCC.[H+].[H+]. The van der Waals surface area contributed by atoms with Gasteiger partial charge in [-0.3, -0.25) is 0 Å². The molecule has 56 valence electrons. The lowest BCUT2D eigenvalue weighted by Crippen LogP contribution is -2.05. The fraction of sp³-hybridized carbons (Fsp3) is 1.00. The van der Waals surface area contributed by atoms with Gasteiger partial charge in [-0.05, 0) is 12.8 Å². The lowest BCUT2D eigenvalue weighted by atomic mass is 10.5. The minimum absolute atomic E-state index is 0. The molecule has 0 spiro atoms. The van der Waals surface area contributed by atoms with Gasteiger partial charge in [0, 0.05) is 13.2 Å². The van der Waals surface area contributed by atoms with Crippen LogP contribution in [0.5, 0.6) is 0 Å². The van der Waals surface area contributed by atoms with Crippen LogP contribution >= 0.6 is 0 Å². The van der Waals surface area contributed by atoms with E-state index in [1.165, 1.54) is 0 Å². The zero-order valence-corrected chi connectivity index (χ0v) is 7.77. The maximum atomic E-state index is 5.20. The summed E-state index contributed by atoms with van der Waals surface area (Å²) < 4.78 is 10.4. The van der Waals surface area contributed by atoms with Crippen molar-refractivity contribution in [3.63, 3.8) is 0 Å². The second-order valence-corrected chi connectivity index (χ2v) is 2.99. The van der Waals surface area contributed by atoms with E-state index in [1.807, 2.05) is 0 Å². The van der Waals surface area contributed by atoms with Gasteiger partial charge in [-0.25, -0.2) is 0 Å². The third-order valence-electron chi connectivity index (χ3n) is 0.864. The van der Waals surface area contributed by atoms with Gasteiger partial charge in [0.1, 0.15) is 0 Å². The first kappa shape index (κ1) is 9.14. The van der Waals surface area contributed by atoms with E-state index < -0.39 is 10.0 Å². The Bertz CT molecular complexity index is 51.8. The van der Waals surface area contributed by atoms with Crippen molar-refractivity contribution in [2.24, 2.45) is 0 Å². The highest BCUT2D eigenvalue weighted by Crippen LogP contribution is 1.81. The van der Waals surface area contributed by atoms with E-state index in [1.54, 1.807) is 0 Å². The van der Waals surface area contributed by atoms with Gasteiger partial charge >= 0.3 is 12.9 Å². The van der Waals surface area contributed by atoms with Crippen molar-refractivity contribution >= 4 is 10.0 Å². The Morgan fingerprint density at radius 2 is 1.56 bits per heavy atom. The number of hydrogen-bond donors (Lipinski definition) is 0. The molecule has 0 unspecified atom stereocenters. The van der Waals surface area contributed by atoms with Gasteiger partial charge in [0.15, 0.2) is 0 Å². The van der Waals surface area contributed by atoms with Gasteiger partial charge in [-0.2, -0.15) is 0 Å². The number of rotatable bonds is 6. The molecule has 9 heavy (non-hydrogen) atoms. The Morgan fingerprint density at radius 3 is 1.89 bits per heavy atom. The van der Waals surface area contributed by atoms with Crippen LogP contribution in [0.4, 0.5) is 0 Å². The number of hydrogen-bond acceptors (Lipinski definition) is 2. The van der Waals surface area contributed by atoms with Crippen molar-refractivity contribution in [3.8, 4) is 0 Å². The van der Waals surface area contributed by atoms with E-state index in [4.69, 9.17) is 8.85 Å². The van der Waals surface area contributed by atoms with Crippen molar-refractivity contribution in [3.05, 3.63) is 0 Å². The molecule has 0 atom stereocenters. The normalized spacial score (nSPS) is 10.0. The molecule has 0 radical (unpaired) electrons. The molecule has 0 aliphatic rings. The Labute approximate surface area is 62.6 Å². The first-order chi connectivity index (χ1) is 4.41. The summed E-state index contributed by atoms with van der Waals surface area (Å²) in [6, 6.07) is 0. The fourth-order valence-corrected chi connectivity index (χ4v) is 1.40. The quantitative estimate of drug-likeness (QED) is 0.416. The van der Waals surface area contributed by atoms with Crippen LogP contribution in [0, 0.1) is 0 Å². The third kappa shape index (κ3) is 8.14. The van der Waals surface area contributed by atoms with E-state index in [0.29, 0.717) is 0 Å². The first-order valence-electron chi connectivity index (χ1n) is 3.57. The highest BCUT2D eigenvalue weighted by Gasteiger charge is 1.85. The van der Waals surface area contributed by atoms with Crippen LogP contribution in [0.1, 0.15) is 29.5 Å². The minimum atomic E-state index is -0.611. The summed E-state index contributed by atoms with van der Waals surface area (Å²) in [7, 11) is -0.611. The van der Waals surface area contributed by atoms with Crippen molar-refractivity contribution in [1.82, 2.24) is 0 Å². The minimum Gasteiger partial charge on any atom is -0.399 e. The summed E-state index contributed by atoms with van der Waals surface area (Å²) in [5.41, 5.74) is 0. The molecule has 0 aromatic heterocycles. The highest BCUT2D eigenvalue weighted by molar-refractivity contribution is 6.17. The maximum absolute atomic E-state index is 5.20. The van der Waals surface area contributed by atoms with E-state index in [-0.39, 0.29) is 2.85 Å². The summed E-state index contributed by atoms with van der Waals surface area (Å²) in [6.07, 6.45) is 2.20. The van der Waals surface area contributed by atoms with Crippen LogP contribution in [-0.4, -0.2) is 23.2 Å². The monoisotopic (exact) mass is 150 g/mol. The van der Waals surface area contributed by atoms with Crippen LogP contribution in [0.2, 0.25) is 0 Å². The molecule has 0 fully saturated rings. The molecule has 0 rings (SSSR count). The van der Waals surface area contributed by atoms with Crippen molar-refractivity contribution < 1.29 is 11.7 Å². The van der Waals surface area contributed by atoms with E-state index in [9.17, 15) is 0 Å². The Kier molecular flexibility index (Phi) is 8.26. The molecule has 0 N–H and O–H groups in total. The Balaban J connectivity index is -0.000000320. The molecule has 0 bridgehead atoms. The topological polar surface area (TPSA) is 18.5 Å². The molecule has 0 aliphatic heterocycles. The molecule has 0 amide bonds. The molecule has 3 heteroatoms. The van der Waals surface area contributed by atoms with Gasteiger partial charge in [-0.15, -0.1) is 0 Å². The maximum Gasteiger partial charge on any atom is 1.00 e. The largest absolute Gasteiger partial charge is 1.00 e. The van der Waals surface area contributed by atoms with Gasteiger partial charge < -0.3 is 8.85 Å². The Hall–Kier alpha value is 0.137. The summed E-state index contributed by atoms with van der Waals surface area (Å²) in [6.45, 7) is 5.95. The molecule has 0 aliphatic carbocycles. The fourth-order valence-electron chi connectivity index (χ4n) is 0.465. The molecule has 0 saturated heterocycles. The molecule has 0 heterocycles. The highest BCUT2D eigenvalue weighted by atomic mass is 28.3. The van der Waals surface area contributed by atoms with Crippen molar-refractivity contribution in [2.75, 3.05) is 13.2 Å². The summed E-state index contributed by atoms with van der Waals surface area (Å²) in [5.74, 6) is 0. The lowest BCUT2D eigenvalue weighted by Gasteiger charge is -2.00. The first-order valence-corrected chi connectivity index (χ1v) is 4.72. The molecule has 0 saturated carbocycles. The van der Waals surface area contributed by atoms with Crippen LogP contribution in [-0.2, 0) is 8.85 Å². The summed E-state index contributed by atoms with van der Waals surface area (Å²) in [4.78, 5) is 0. The van der Waals surface area contributed by atoms with E-state index >= 15 is 0 Å². The smallest absolute Gasteiger partial charge is 0.399 e. The van der Waals surface area contributed by atoms with Gasteiger partial charge in [0.05, 0.1) is 0 Å². The van der Waals surface area contributed by atoms with Crippen molar-refractivity contribution in [2.45, 2.75) is 26.7 Å². The molecule has 0 aromatic rings. The van der Waals surface area contributed by atoms with E-state index in [2.05, 4.69) is 13.8 Å². The third-order valence-corrected chi connectivity index (χ3v) is 1.77. The second-order valence-electron chi connectivity index (χ2n) is 1.93. The Morgan fingerprint density at radius 1 is 1.11 bits per heavy atom. The van der Waals surface area contributed by atoms with Crippen LogP contribution < -0.4 is 0 Å². The summed E-state index contributed by atoms with van der Waals surface area (Å²) >= 11 is 0. The zero-order valence-electron chi connectivity index (χ0n) is 8.35. The average Bonchev–Trinajstić information content (AvgIpc) is 1.89. The molecule has 0 aromatic carbocycles. The van der Waals surface area contributed by atoms with Gasteiger partial charge in [0.25, 0.3) is 0 Å². The lowest BCUT2D eigenvalue weighted by molar-refractivity contribution is 0.222. The van der Waals surface area contributed by atoms with Gasteiger partial charge in [-0.1, -0.05) is 13.8 Å². The van der Waals surface area contributed by atoms with Gasteiger partial charge in [0.2, 0.25) is 0 Å². The molecular weight excluding hydrogens is 132 g/mol. The standard InChI is InChI=1S/C6H16O2Si/c1-3-5-7-9-8-6-4-2/h3-6,9H2,1-2H3/p+2. The average molecular weight is 150 g/mol.